The minimum atomic E-state index is -1.63. The Bertz CT molecular complexity index is 2100. The van der Waals surface area contributed by atoms with Crippen LogP contribution in [0.4, 0.5) is 17.1 Å². The second-order valence-electron chi connectivity index (χ2n) is 10.8. The molecular formula is C37H26BNO3. The van der Waals surface area contributed by atoms with E-state index in [-0.39, 0.29) is 0 Å². The summed E-state index contributed by atoms with van der Waals surface area (Å²) in [6.07, 6.45) is 0.896. The van der Waals surface area contributed by atoms with Crippen LogP contribution in [-0.4, -0.2) is 17.2 Å². The third-order valence-corrected chi connectivity index (χ3v) is 8.32. The SMILES string of the molecule is OB(O)c1cccc2c1oc1c(N(c3ccc(-c4ccccc4)cc3)c3ccc4c(c3)Cc3ccccc3-4)cccc12. The molecule has 0 amide bonds. The van der Waals surface area contributed by atoms with E-state index < -0.39 is 7.12 Å². The van der Waals surface area contributed by atoms with Gasteiger partial charge < -0.3 is 19.4 Å². The highest BCUT2D eigenvalue weighted by atomic mass is 16.4. The lowest BCUT2D eigenvalue weighted by atomic mass is 9.79. The van der Waals surface area contributed by atoms with Crippen molar-refractivity contribution in [3.8, 4) is 22.3 Å². The fraction of sp³-hybridized carbons (Fsp3) is 0.0270. The normalized spacial score (nSPS) is 12.0. The molecule has 1 heterocycles. The first kappa shape index (κ1) is 24.7. The van der Waals surface area contributed by atoms with Crippen molar-refractivity contribution in [2.45, 2.75) is 6.42 Å². The maximum absolute atomic E-state index is 10.1. The first-order valence-corrected chi connectivity index (χ1v) is 14.1. The maximum atomic E-state index is 10.1. The van der Waals surface area contributed by atoms with E-state index in [1.54, 1.807) is 6.07 Å². The minimum absolute atomic E-state index is 0.351. The van der Waals surface area contributed by atoms with Crippen LogP contribution < -0.4 is 10.4 Å². The van der Waals surface area contributed by atoms with Gasteiger partial charge in [-0.1, -0.05) is 103 Å². The molecule has 0 atom stereocenters. The Morgan fingerprint density at radius 2 is 1.21 bits per heavy atom. The molecule has 0 fully saturated rings. The molecule has 1 aromatic heterocycles. The highest BCUT2D eigenvalue weighted by Crippen LogP contribution is 2.45. The summed E-state index contributed by atoms with van der Waals surface area (Å²) in [5.74, 6) is 0. The van der Waals surface area contributed by atoms with Crippen LogP contribution in [0.15, 0.2) is 138 Å². The molecule has 42 heavy (non-hydrogen) atoms. The fourth-order valence-corrected chi connectivity index (χ4v) is 6.34. The summed E-state index contributed by atoms with van der Waals surface area (Å²) in [5.41, 5.74) is 12.0. The third kappa shape index (κ3) is 3.94. The van der Waals surface area contributed by atoms with Gasteiger partial charge in [-0.25, -0.2) is 0 Å². The van der Waals surface area contributed by atoms with E-state index in [9.17, 15) is 10.0 Å². The Hall–Kier alpha value is -5.10. The van der Waals surface area contributed by atoms with Crippen molar-refractivity contribution >= 4 is 51.6 Å². The maximum Gasteiger partial charge on any atom is 0.492 e. The van der Waals surface area contributed by atoms with E-state index in [1.165, 1.54) is 27.8 Å². The van der Waals surface area contributed by atoms with Gasteiger partial charge in [-0.05, 0) is 70.1 Å². The summed E-state index contributed by atoms with van der Waals surface area (Å²) in [5, 5.41) is 21.9. The van der Waals surface area contributed by atoms with E-state index in [4.69, 9.17) is 4.42 Å². The average Bonchev–Trinajstić information content (AvgIpc) is 3.60. The third-order valence-electron chi connectivity index (χ3n) is 8.32. The molecule has 2 N–H and O–H groups in total. The molecule has 0 bridgehead atoms. The zero-order valence-electron chi connectivity index (χ0n) is 22.7. The molecule has 0 radical (unpaired) electrons. The van der Waals surface area contributed by atoms with Gasteiger partial charge in [0.1, 0.15) is 5.58 Å². The average molecular weight is 543 g/mol. The molecule has 1 aliphatic rings. The standard InChI is InChI=1S/C37H26BNO3/c40-38(41)34-14-6-12-32-33-13-7-15-35(37(33)42-36(32)34)39(28-18-16-25(17-19-28)24-8-2-1-3-9-24)29-20-21-31-27(23-29)22-26-10-4-5-11-30(26)31/h1-21,23,40-41H,22H2. The minimum Gasteiger partial charge on any atom is -0.454 e. The van der Waals surface area contributed by atoms with Gasteiger partial charge in [-0.15, -0.1) is 0 Å². The number of rotatable bonds is 5. The van der Waals surface area contributed by atoms with Crippen LogP contribution in [0.3, 0.4) is 0 Å². The van der Waals surface area contributed by atoms with Crippen molar-refractivity contribution in [3.05, 3.63) is 145 Å². The van der Waals surface area contributed by atoms with Gasteiger partial charge in [-0.3, -0.25) is 0 Å². The van der Waals surface area contributed by atoms with E-state index in [1.807, 2.05) is 30.3 Å². The van der Waals surface area contributed by atoms with Gasteiger partial charge >= 0.3 is 7.12 Å². The van der Waals surface area contributed by atoms with Crippen molar-refractivity contribution in [2.75, 3.05) is 4.90 Å². The molecular weight excluding hydrogens is 517 g/mol. The van der Waals surface area contributed by atoms with Crippen LogP contribution in [0.1, 0.15) is 11.1 Å². The number of para-hydroxylation sites is 2. The number of hydrogen-bond donors (Lipinski definition) is 2. The molecule has 200 valence electrons. The second kappa shape index (κ2) is 9.77. The number of fused-ring (bicyclic) bond motifs is 6. The molecule has 0 spiro atoms. The molecule has 1 aliphatic carbocycles. The monoisotopic (exact) mass is 543 g/mol. The van der Waals surface area contributed by atoms with Crippen molar-refractivity contribution in [1.82, 2.24) is 0 Å². The number of furan rings is 1. The van der Waals surface area contributed by atoms with Gasteiger partial charge in [0.25, 0.3) is 0 Å². The summed E-state index contributed by atoms with van der Waals surface area (Å²) in [4.78, 5) is 2.23. The van der Waals surface area contributed by atoms with Gasteiger partial charge in [-0.2, -0.15) is 0 Å². The van der Waals surface area contributed by atoms with Crippen LogP contribution in [0.25, 0.3) is 44.2 Å². The van der Waals surface area contributed by atoms with E-state index in [2.05, 4.69) is 102 Å². The fourth-order valence-electron chi connectivity index (χ4n) is 6.34. The first-order valence-electron chi connectivity index (χ1n) is 14.1. The molecule has 0 aliphatic heterocycles. The first-order chi connectivity index (χ1) is 20.7. The number of nitrogens with zero attached hydrogens (tertiary/aromatic N) is 1. The highest BCUT2D eigenvalue weighted by Gasteiger charge is 2.25. The molecule has 0 saturated carbocycles. The van der Waals surface area contributed by atoms with Gasteiger partial charge in [0.2, 0.25) is 0 Å². The second-order valence-corrected chi connectivity index (χ2v) is 10.8. The molecule has 5 heteroatoms. The number of hydrogen-bond acceptors (Lipinski definition) is 4. The lowest BCUT2D eigenvalue weighted by Gasteiger charge is -2.26. The Morgan fingerprint density at radius 1 is 0.548 bits per heavy atom. The van der Waals surface area contributed by atoms with Gasteiger partial charge in [0.15, 0.2) is 5.58 Å². The van der Waals surface area contributed by atoms with E-state index >= 15 is 0 Å². The lowest BCUT2D eigenvalue weighted by Crippen LogP contribution is -2.29. The largest absolute Gasteiger partial charge is 0.492 e. The quantitative estimate of drug-likeness (QED) is 0.216. The molecule has 7 aromatic rings. The van der Waals surface area contributed by atoms with Crippen LogP contribution in [0, 0.1) is 0 Å². The summed E-state index contributed by atoms with van der Waals surface area (Å²) >= 11 is 0. The van der Waals surface area contributed by atoms with Crippen molar-refractivity contribution in [3.63, 3.8) is 0 Å². The van der Waals surface area contributed by atoms with Crippen molar-refractivity contribution in [2.24, 2.45) is 0 Å². The Kier molecular flexibility index (Phi) is 5.74. The van der Waals surface area contributed by atoms with Crippen LogP contribution in [0.5, 0.6) is 0 Å². The topological polar surface area (TPSA) is 56.8 Å². The summed E-state index contributed by atoms with van der Waals surface area (Å²) in [6.45, 7) is 0. The zero-order chi connectivity index (χ0) is 28.2. The van der Waals surface area contributed by atoms with Crippen LogP contribution >= 0.6 is 0 Å². The Balaban J connectivity index is 1.33. The molecule has 0 saturated heterocycles. The zero-order valence-corrected chi connectivity index (χ0v) is 22.7. The Morgan fingerprint density at radius 3 is 2.02 bits per heavy atom. The van der Waals surface area contributed by atoms with Gasteiger partial charge in [0, 0.05) is 27.6 Å². The van der Waals surface area contributed by atoms with E-state index in [0.717, 1.165) is 39.8 Å². The smallest absolute Gasteiger partial charge is 0.454 e. The van der Waals surface area contributed by atoms with Crippen LogP contribution in [0.2, 0.25) is 0 Å². The van der Waals surface area contributed by atoms with E-state index in [0.29, 0.717) is 16.6 Å². The summed E-state index contributed by atoms with van der Waals surface area (Å²) < 4.78 is 6.47. The highest BCUT2D eigenvalue weighted by molar-refractivity contribution is 6.61. The molecule has 0 unspecified atom stereocenters. The summed E-state index contributed by atoms with van der Waals surface area (Å²) in [6, 6.07) is 45.9. The lowest BCUT2D eigenvalue weighted by molar-refractivity contribution is 0.425. The number of anilines is 3. The predicted molar refractivity (Wildman–Crippen MR) is 172 cm³/mol. The summed E-state index contributed by atoms with van der Waals surface area (Å²) in [7, 11) is -1.63. The Labute approximate surface area is 243 Å². The van der Waals surface area contributed by atoms with Crippen LogP contribution in [-0.2, 0) is 6.42 Å². The van der Waals surface area contributed by atoms with Gasteiger partial charge in [0.05, 0.1) is 5.69 Å². The molecule has 6 aromatic carbocycles. The molecule has 4 nitrogen and oxygen atoms in total. The van der Waals surface area contributed by atoms with Crippen molar-refractivity contribution < 1.29 is 14.5 Å². The number of benzene rings is 6. The molecule has 8 rings (SSSR count). The predicted octanol–water partition coefficient (Wildman–Crippen LogP) is 7.97. The van der Waals surface area contributed by atoms with Crippen molar-refractivity contribution in [1.29, 1.82) is 0 Å².